The molecule has 0 bridgehead atoms. The molecule has 0 saturated heterocycles. The fraction of sp³-hybridized carbons (Fsp3) is 0.625. The smallest absolute Gasteiger partial charge is 0.00683 e. The highest BCUT2D eigenvalue weighted by Crippen LogP contribution is 2.21. The minimum Gasteiger partial charge on any atom is -0.314 e. The summed E-state index contributed by atoms with van der Waals surface area (Å²) in [5.41, 5.74) is 1.49. The second-order valence-corrected chi connectivity index (χ2v) is 6.36. The summed E-state index contributed by atoms with van der Waals surface area (Å²) in [4.78, 5) is 0. The van der Waals surface area contributed by atoms with Crippen molar-refractivity contribution in [2.24, 2.45) is 5.92 Å². The molecule has 1 nitrogen and oxygen atoms in total. The highest BCUT2D eigenvalue weighted by molar-refractivity contribution is 7.98. The Kier molecular flexibility index (Phi) is 6.09. The van der Waals surface area contributed by atoms with E-state index in [9.17, 15) is 0 Å². The Balaban J connectivity index is 1.78. The zero-order valence-corrected chi connectivity index (χ0v) is 12.2. The van der Waals surface area contributed by atoms with Crippen molar-refractivity contribution in [3.05, 3.63) is 35.9 Å². The normalized spacial score (nSPS) is 16.7. The van der Waals surface area contributed by atoms with E-state index in [-0.39, 0.29) is 0 Å². The van der Waals surface area contributed by atoms with E-state index in [1.807, 2.05) is 11.8 Å². The zero-order valence-electron chi connectivity index (χ0n) is 11.4. The van der Waals surface area contributed by atoms with Crippen molar-refractivity contribution in [2.45, 2.75) is 38.1 Å². The van der Waals surface area contributed by atoms with Gasteiger partial charge in [-0.25, -0.2) is 0 Å². The van der Waals surface area contributed by atoms with Gasteiger partial charge in [-0.15, -0.1) is 0 Å². The Hall–Kier alpha value is -0.470. The van der Waals surface area contributed by atoms with E-state index in [1.54, 1.807) is 0 Å². The summed E-state index contributed by atoms with van der Waals surface area (Å²) in [5, 5.41) is 3.70. The lowest BCUT2D eigenvalue weighted by molar-refractivity contribution is 0.438. The minimum absolute atomic E-state index is 0.806. The molecule has 2 heteroatoms. The molecule has 1 N–H and O–H groups in total. The monoisotopic (exact) mass is 263 g/mol. The number of hydrogen-bond donors (Lipinski definition) is 1. The predicted molar refractivity (Wildman–Crippen MR) is 82.3 cm³/mol. The molecule has 1 aromatic carbocycles. The van der Waals surface area contributed by atoms with E-state index in [2.05, 4.69) is 41.9 Å². The van der Waals surface area contributed by atoms with Crippen molar-refractivity contribution >= 4 is 11.8 Å². The molecule has 0 aliphatic heterocycles. The quantitative estimate of drug-likeness (QED) is 0.681. The van der Waals surface area contributed by atoms with Gasteiger partial charge in [0.05, 0.1) is 0 Å². The van der Waals surface area contributed by atoms with Crippen molar-refractivity contribution in [3.8, 4) is 0 Å². The maximum absolute atomic E-state index is 3.70. The Labute approximate surface area is 116 Å². The lowest BCUT2D eigenvalue weighted by atomic mass is 9.95. The van der Waals surface area contributed by atoms with Crippen LogP contribution in [0.3, 0.4) is 0 Å². The molecule has 1 aliphatic carbocycles. The summed E-state index contributed by atoms with van der Waals surface area (Å²) in [5.74, 6) is 2.11. The van der Waals surface area contributed by atoms with Gasteiger partial charge in [-0.1, -0.05) is 30.3 Å². The van der Waals surface area contributed by atoms with Gasteiger partial charge in [0.25, 0.3) is 0 Å². The Bertz CT molecular complexity index is 321. The molecule has 0 spiro atoms. The number of rotatable bonds is 9. The van der Waals surface area contributed by atoms with E-state index in [4.69, 9.17) is 0 Å². The third-order valence-electron chi connectivity index (χ3n) is 3.60. The standard InChI is InChI=1S/C16H25NS/c1-18-11-5-8-15(13-17-16-9-10-16)12-14-6-3-2-4-7-14/h2-4,6-7,15-17H,5,8-13H2,1H3. The second kappa shape index (κ2) is 7.85. The number of nitrogens with one attached hydrogen (secondary N) is 1. The van der Waals surface area contributed by atoms with Crippen molar-refractivity contribution in [1.29, 1.82) is 0 Å². The van der Waals surface area contributed by atoms with E-state index in [1.165, 1.54) is 50.0 Å². The topological polar surface area (TPSA) is 12.0 Å². The molecule has 1 aliphatic rings. The first-order chi connectivity index (χ1) is 8.88. The average molecular weight is 263 g/mol. The third kappa shape index (κ3) is 5.45. The summed E-state index contributed by atoms with van der Waals surface area (Å²) in [6.45, 7) is 1.20. The van der Waals surface area contributed by atoms with Gasteiger partial charge < -0.3 is 5.32 Å². The van der Waals surface area contributed by atoms with Gasteiger partial charge in [0.15, 0.2) is 0 Å². The molecular weight excluding hydrogens is 238 g/mol. The van der Waals surface area contributed by atoms with Crippen molar-refractivity contribution in [2.75, 3.05) is 18.6 Å². The molecule has 0 amide bonds. The highest BCUT2D eigenvalue weighted by atomic mass is 32.2. The van der Waals surface area contributed by atoms with Gasteiger partial charge in [-0.05, 0) is 62.1 Å². The van der Waals surface area contributed by atoms with Crippen LogP contribution in [-0.2, 0) is 6.42 Å². The number of benzene rings is 1. The maximum atomic E-state index is 3.70. The Morgan fingerprint density at radius 2 is 2.06 bits per heavy atom. The Morgan fingerprint density at radius 3 is 2.72 bits per heavy atom. The van der Waals surface area contributed by atoms with E-state index in [0.717, 1.165) is 12.0 Å². The molecule has 100 valence electrons. The molecule has 1 fully saturated rings. The van der Waals surface area contributed by atoms with Crippen LogP contribution in [0, 0.1) is 5.92 Å². The first-order valence-electron chi connectivity index (χ1n) is 7.14. The number of thioether (sulfide) groups is 1. The molecule has 0 heterocycles. The molecule has 2 rings (SSSR count). The largest absolute Gasteiger partial charge is 0.314 e. The molecule has 1 unspecified atom stereocenters. The van der Waals surface area contributed by atoms with E-state index >= 15 is 0 Å². The Morgan fingerprint density at radius 1 is 1.28 bits per heavy atom. The van der Waals surface area contributed by atoms with Crippen LogP contribution in [-0.4, -0.2) is 24.6 Å². The number of hydrogen-bond acceptors (Lipinski definition) is 2. The summed E-state index contributed by atoms with van der Waals surface area (Å²) in [7, 11) is 0. The van der Waals surface area contributed by atoms with E-state index < -0.39 is 0 Å². The summed E-state index contributed by atoms with van der Waals surface area (Å²) >= 11 is 1.97. The first kappa shape index (κ1) is 14.0. The molecular formula is C16H25NS. The van der Waals surface area contributed by atoms with Crippen molar-refractivity contribution in [3.63, 3.8) is 0 Å². The molecule has 1 saturated carbocycles. The highest BCUT2D eigenvalue weighted by Gasteiger charge is 2.21. The first-order valence-corrected chi connectivity index (χ1v) is 8.54. The van der Waals surface area contributed by atoms with Gasteiger partial charge in [0.2, 0.25) is 0 Å². The average Bonchev–Trinajstić information content (AvgIpc) is 3.21. The predicted octanol–water partition coefficient (Wildman–Crippen LogP) is 3.74. The van der Waals surface area contributed by atoms with Crippen LogP contribution < -0.4 is 5.32 Å². The zero-order chi connectivity index (χ0) is 12.6. The van der Waals surface area contributed by atoms with Crippen LogP contribution in [0.2, 0.25) is 0 Å². The van der Waals surface area contributed by atoms with Crippen LogP contribution in [0.25, 0.3) is 0 Å². The van der Waals surface area contributed by atoms with Crippen molar-refractivity contribution in [1.82, 2.24) is 5.32 Å². The lowest BCUT2D eigenvalue weighted by Crippen LogP contribution is -2.26. The SMILES string of the molecule is CSCCCC(CNC1CC1)Cc1ccccc1. The molecule has 1 atom stereocenters. The van der Waals surface area contributed by atoms with Crippen LogP contribution in [0.4, 0.5) is 0 Å². The van der Waals surface area contributed by atoms with Gasteiger partial charge in [0.1, 0.15) is 0 Å². The van der Waals surface area contributed by atoms with Crippen LogP contribution in [0.5, 0.6) is 0 Å². The summed E-state index contributed by atoms with van der Waals surface area (Å²) in [6, 6.07) is 11.8. The molecule has 18 heavy (non-hydrogen) atoms. The summed E-state index contributed by atoms with van der Waals surface area (Å²) < 4.78 is 0. The molecule has 1 aromatic rings. The second-order valence-electron chi connectivity index (χ2n) is 5.37. The van der Waals surface area contributed by atoms with Crippen molar-refractivity contribution < 1.29 is 0 Å². The van der Waals surface area contributed by atoms with Crippen LogP contribution in [0.1, 0.15) is 31.2 Å². The maximum Gasteiger partial charge on any atom is 0.00683 e. The minimum atomic E-state index is 0.806. The lowest BCUT2D eigenvalue weighted by Gasteiger charge is -2.17. The van der Waals surface area contributed by atoms with Gasteiger partial charge in [0, 0.05) is 6.04 Å². The fourth-order valence-electron chi connectivity index (χ4n) is 2.36. The summed E-state index contributed by atoms with van der Waals surface area (Å²) in [6.07, 6.45) is 8.93. The fourth-order valence-corrected chi connectivity index (χ4v) is 2.82. The van der Waals surface area contributed by atoms with Crippen LogP contribution >= 0.6 is 11.8 Å². The molecule has 0 aromatic heterocycles. The molecule has 0 radical (unpaired) electrons. The van der Waals surface area contributed by atoms with E-state index in [0.29, 0.717) is 0 Å². The third-order valence-corrected chi connectivity index (χ3v) is 4.30. The van der Waals surface area contributed by atoms with Gasteiger partial charge in [-0.3, -0.25) is 0 Å². The van der Waals surface area contributed by atoms with Crippen LogP contribution in [0.15, 0.2) is 30.3 Å². The van der Waals surface area contributed by atoms with Gasteiger partial charge >= 0.3 is 0 Å². The van der Waals surface area contributed by atoms with Gasteiger partial charge in [-0.2, -0.15) is 11.8 Å².